The smallest absolute Gasteiger partial charge is 0.0896 e. The van der Waals surface area contributed by atoms with Gasteiger partial charge in [-0.1, -0.05) is 27.7 Å². The van der Waals surface area contributed by atoms with Crippen molar-refractivity contribution in [2.75, 3.05) is 0 Å². The van der Waals surface area contributed by atoms with Gasteiger partial charge < -0.3 is 0 Å². The van der Waals surface area contributed by atoms with E-state index < -0.39 is 0 Å². The Morgan fingerprint density at radius 2 is 1.55 bits per heavy atom. The van der Waals surface area contributed by atoms with E-state index in [0.717, 1.165) is 5.01 Å². The topological polar surface area (TPSA) is 12.9 Å². The number of thiazole rings is 1. The van der Waals surface area contributed by atoms with E-state index in [1.165, 1.54) is 4.88 Å². The zero-order valence-corrected chi connectivity index (χ0v) is 9.25. The molecule has 1 heterocycles. The minimum atomic E-state index is 1.15. The number of aromatic nitrogens is 1. The third kappa shape index (κ3) is 7.53. The Morgan fingerprint density at radius 1 is 1.09 bits per heavy atom. The number of nitrogens with zero attached hydrogens (tertiary/aromatic N) is 1. The molecular weight excluding hydrogens is 154 g/mol. The Kier molecular flexibility index (Phi) is 11.6. The van der Waals surface area contributed by atoms with Crippen LogP contribution in [-0.2, 0) is 0 Å². The summed E-state index contributed by atoms with van der Waals surface area (Å²) >= 11 is 1.73. The van der Waals surface area contributed by atoms with Gasteiger partial charge in [0.2, 0.25) is 0 Å². The average Bonchev–Trinajstić information content (AvgIpc) is 2.43. The van der Waals surface area contributed by atoms with Crippen LogP contribution in [0, 0.1) is 13.8 Å². The molecule has 0 atom stereocenters. The molecule has 1 aromatic rings. The second-order valence-electron chi connectivity index (χ2n) is 1.49. The Bertz CT molecular complexity index is 142. The third-order valence-electron chi connectivity index (χ3n) is 0.737. The summed E-state index contributed by atoms with van der Waals surface area (Å²) in [7, 11) is 0. The molecule has 0 amide bonds. The molecule has 66 valence electrons. The van der Waals surface area contributed by atoms with Crippen molar-refractivity contribution in [3.8, 4) is 0 Å². The zero-order chi connectivity index (χ0) is 9.28. The summed E-state index contributed by atoms with van der Waals surface area (Å²) in [5.41, 5.74) is 0. The average molecular weight is 173 g/mol. The summed E-state index contributed by atoms with van der Waals surface area (Å²) in [5, 5.41) is 1.15. The van der Waals surface area contributed by atoms with Crippen molar-refractivity contribution in [2.24, 2.45) is 0 Å². The molecule has 0 saturated heterocycles. The highest BCUT2D eigenvalue weighted by Gasteiger charge is 1.86. The van der Waals surface area contributed by atoms with E-state index in [1.807, 2.05) is 40.8 Å². The minimum Gasteiger partial charge on any atom is -0.250 e. The fourth-order valence-corrected chi connectivity index (χ4v) is 1.14. The molecule has 1 rings (SSSR count). The first kappa shape index (κ1) is 13.2. The quantitative estimate of drug-likeness (QED) is 0.581. The fourth-order valence-electron chi connectivity index (χ4n) is 0.467. The SMILES string of the molecule is CC.CC.Cc1cnc(C)s1. The molecule has 0 bridgehead atoms. The highest BCUT2D eigenvalue weighted by atomic mass is 32.1. The predicted octanol–water partition coefficient (Wildman–Crippen LogP) is 3.81. The molecule has 2 heteroatoms. The Balaban J connectivity index is 0. The highest BCUT2D eigenvalue weighted by molar-refractivity contribution is 7.11. The molecular formula is C9H19NS. The van der Waals surface area contributed by atoms with Gasteiger partial charge in [-0.25, -0.2) is 4.98 Å². The monoisotopic (exact) mass is 173 g/mol. The molecule has 0 fully saturated rings. The summed E-state index contributed by atoms with van der Waals surface area (Å²) in [4.78, 5) is 5.32. The van der Waals surface area contributed by atoms with Crippen molar-refractivity contribution < 1.29 is 0 Å². The fraction of sp³-hybridized carbons (Fsp3) is 0.667. The van der Waals surface area contributed by atoms with Crippen molar-refractivity contribution in [3.05, 3.63) is 16.1 Å². The molecule has 0 N–H and O–H groups in total. The first-order chi connectivity index (χ1) is 5.29. The molecule has 0 spiro atoms. The van der Waals surface area contributed by atoms with Crippen molar-refractivity contribution in [1.29, 1.82) is 0 Å². The van der Waals surface area contributed by atoms with Crippen LogP contribution < -0.4 is 0 Å². The second kappa shape index (κ2) is 9.63. The lowest BCUT2D eigenvalue weighted by Gasteiger charge is -1.68. The van der Waals surface area contributed by atoms with Crippen LogP contribution in [0.2, 0.25) is 0 Å². The first-order valence-electron chi connectivity index (χ1n) is 4.18. The maximum Gasteiger partial charge on any atom is 0.0896 e. The predicted molar refractivity (Wildman–Crippen MR) is 54.3 cm³/mol. The summed E-state index contributed by atoms with van der Waals surface area (Å²) in [6.07, 6.45) is 1.89. The van der Waals surface area contributed by atoms with Gasteiger partial charge in [0.05, 0.1) is 5.01 Å². The Morgan fingerprint density at radius 3 is 1.64 bits per heavy atom. The number of hydrogen-bond acceptors (Lipinski definition) is 2. The summed E-state index contributed by atoms with van der Waals surface area (Å²) in [6, 6.07) is 0. The van der Waals surface area contributed by atoms with E-state index in [4.69, 9.17) is 0 Å². The molecule has 0 aromatic carbocycles. The largest absolute Gasteiger partial charge is 0.250 e. The van der Waals surface area contributed by atoms with Crippen LogP contribution in [-0.4, -0.2) is 4.98 Å². The Hall–Kier alpha value is -0.370. The lowest BCUT2D eigenvalue weighted by atomic mass is 10.6. The lowest BCUT2D eigenvalue weighted by molar-refractivity contribution is 1.28. The van der Waals surface area contributed by atoms with E-state index in [0.29, 0.717) is 0 Å². The van der Waals surface area contributed by atoms with Gasteiger partial charge in [0.1, 0.15) is 0 Å². The maximum absolute atomic E-state index is 4.03. The van der Waals surface area contributed by atoms with E-state index >= 15 is 0 Å². The van der Waals surface area contributed by atoms with Gasteiger partial charge in [-0.05, 0) is 13.8 Å². The molecule has 0 saturated carbocycles. The number of rotatable bonds is 0. The molecule has 1 aromatic heterocycles. The second-order valence-corrected chi connectivity index (χ2v) is 2.93. The normalized spacial score (nSPS) is 7.09. The summed E-state index contributed by atoms with van der Waals surface area (Å²) in [5.74, 6) is 0. The van der Waals surface area contributed by atoms with Gasteiger partial charge in [0.15, 0.2) is 0 Å². The van der Waals surface area contributed by atoms with Crippen molar-refractivity contribution >= 4 is 11.3 Å². The molecule has 0 aliphatic rings. The molecule has 0 aliphatic heterocycles. The molecule has 1 nitrogen and oxygen atoms in total. The van der Waals surface area contributed by atoms with Gasteiger partial charge in [-0.2, -0.15) is 0 Å². The van der Waals surface area contributed by atoms with Gasteiger partial charge in [0, 0.05) is 11.1 Å². The van der Waals surface area contributed by atoms with E-state index in [-0.39, 0.29) is 0 Å². The van der Waals surface area contributed by atoms with E-state index in [2.05, 4.69) is 11.9 Å². The number of hydrogen-bond donors (Lipinski definition) is 0. The minimum absolute atomic E-state index is 1.15. The van der Waals surface area contributed by atoms with E-state index in [9.17, 15) is 0 Å². The molecule has 0 radical (unpaired) electrons. The van der Waals surface area contributed by atoms with Gasteiger partial charge in [0.25, 0.3) is 0 Å². The maximum atomic E-state index is 4.03. The summed E-state index contributed by atoms with van der Waals surface area (Å²) < 4.78 is 0. The van der Waals surface area contributed by atoms with Crippen LogP contribution in [0.4, 0.5) is 0 Å². The lowest BCUT2D eigenvalue weighted by Crippen LogP contribution is -1.57. The van der Waals surface area contributed by atoms with Gasteiger partial charge >= 0.3 is 0 Å². The molecule has 0 unspecified atom stereocenters. The van der Waals surface area contributed by atoms with Crippen LogP contribution in [0.25, 0.3) is 0 Å². The van der Waals surface area contributed by atoms with Crippen LogP contribution in [0.15, 0.2) is 6.20 Å². The van der Waals surface area contributed by atoms with Crippen LogP contribution in [0.1, 0.15) is 37.6 Å². The molecule has 0 aliphatic carbocycles. The van der Waals surface area contributed by atoms with Crippen molar-refractivity contribution in [3.63, 3.8) is 0 Å². The number of aryl methyl sites for hydroxylation is 2. The third-order valence-corrected chi connectivity index (χ3v) is 1.57. The van der Waals surface area contributed by atoms with Crippen LogP contribution in [0.3, 0.4) is 0 Å². The Labute approximate surface area is 74.5 Å². The van der Waals surface area contributed by atoms with Gasteiger partial charge in [-0.3, -0.25) is 0 Å². The zero-order valence-electron chi connectivity index (χ0n) is 8.43. The molecule has 11 heavy (non-hydrogen) atoms. The van der Waals surface area contributed by atoms with E-state index in [1.54, 1.807) is 11.3 Å². The van der Waals surface area contributed by atoms with Crippen LogP contribution >= 0.6 is 11.3 Å². The standard InChI is InChI=1S/C5H7NS.2C2H6/c1-4-3-6-5(2)7-4;2*1-2/h3H,1-2H3;2*1-2H3. The summed E-state index contributed by atoms with van der Waals surface area (Å²) in [6.45, 7) is 12.1. The van der Waals surface area contributed by atoms with Crippen molar-refractivity contribution in [1.82, 2.24) is 4.98 Å². The highest BCUT2D eigenvalue weighted by Crippen LogP contribution is 2.07. The van der Waals surface area contributed by atoms with Crippen LogP contribution in [0.5, 0.6) is 0 Å². The van der Waals surface area contributed by atoms with Crippen molar-refractivity contribution in [2.45, 2.75) is 41.5 Å². The van der Waals surface area contributed by atoms with Gasteiger partial charge in [-0.15, -0.1) is 11.3 Å². The first-order valence-corrected chi connectivity index (χ1v) is 5.00.